The van der Waals surface area contributed by atoms with Crippen molar-refractivity contribution in [1.82, 2.24) is 9.97 Å². The molecule has 0 spiro atoms. The average Bonchev–Trinajstić information content (AvgIpc) is 3.29. The number of pyridine rings is 1. The van der Waals surface area contributed by atoms with Crippen molar-refractivity contribution in [2.75, 3.05) is 5.32 Å². The largest absolute Gasteiger partial charge is 0.440 e. The van der Waals surface area contributed by atoms with Crippen LogP contribution >= 0.6 is 0 Å². The topological polar surface area (TPSA) is 68.0 Å². The Morgan fingerprint density at radius 2 is 1.53 bits per heavy atom. The molecular weight excluding hydrogens is 398 g/mol. The highest BCUT2D eigenvalue weighted by molar-refractivity contribution is 6.00. The Morgan fingerprint density at radius 3 is 2.31 bits per heavy atom. The number of para-hydroxylation sites is 1. The van der Waals surface area contributed by atoms with Gasteiger partial charge in [-0.25, -0.2) is 4.98 Å². The number of benzene rings is 3. The van der Waals surface area contributed by atoms with Crippen LogP contribution in [0.25, 0.3) is 33.5 Å². The molecule has 32 heavy (non-hydrogen) atoms. The maximum absolute atomic E-state index is 12.7. The molecule has 1 N–H and O–H groups in total. The summed E-state index contributed by atoms with van der Waals surface area (Å²) in [5.41, 5.74) is 4.20. The molecule has 156 valence electrons. The van der Waals surface area contributed by atoms with E-state index < -0.39 is 0 Å². The molecule has 0 unspecified atom stereocenters. The molecule has 3 aromatic carbocycles. The number of carbonyl (C=O) groups excluding carboxylic acids is 1. The fraction of sp³-hybridized carbons (Fsp3) is 0.0741. The Labute approximate surface area is 185 Å². The van der Waals surface area contributed by atoms with Crippen LogP contribution in [-0.4, -0.2) is 15.9 Å². The highest BCUT2D eigenvalue weighted by Gasteiger charge is 2.17. The summed E-state index contributed by atoms with van der Waals surface area (Å²) in [6, 6.07) is 29.4. The van der Waals surface area contributed by atoms with E-state index >= 15 is 0 Å². The molecule has 0 aliphatic carbocycles. The molecule has 0 atom stereocenters. The number of nitrogens with one attached hydrogen (secondary N) is 1. The highest BCUT2D eigenvalue weighted by Crippen LogP contribution is 2.33. The number of hydrogen-bond donors (Lipinski definition) is 1. The Bertz CT molecular complexity index is 1300. The van der Waals surface area contributed by atoms with Crippen molar-refractivity contribution < 1.29 is 9.21 Å². The number of hydrogen-bond acceptors (Lipinski definition) is 4. The van der Waals surface area contributed by atoms with Gasteiger partial charge in [0.15, 0.2) is 11.7 Å². The third kappa shape index (κ3) is 4.14. The molecule has 0 radical (unpaired) electrons. The summed E-state index contributed by atoms with van der Waals surface area (Å²) in [4.78, 5) is 21.8. The summed E-state index contributed by atoms with van der Waals surface area (Å²) in [7, 11) is 0. The van der Waals surface area contributed by atoms with Crippen molar-refractivity contribution >= 4 is 22.5 Å². The van der Waals surface area contributed by atoms with E-state index in [4.69, 9.17) is 9.40 Å². The van der Waals surface area contributed by atoms with Gasteiger partial charge in [-0.2, -0.15) is 0 Å². The van der Waals surface area contributed by atoms with Gasteiger partial charge in [0.2, 0.25) is 5.91 Å². The summed E-state index contributed by atoms with van der Waals surface area (Å²) in [6.07, 6.45) is 2.38. The third-order valence-corrected chi connectivity index (χ3v) is 5.23. The normalized spacial score (nSPS) is 10.9. The number of carbonyl (C=O) groups is 1. The molecule has 5 rings (SSSR count). The van der Waals surface area contributed by atoms with Gasteiger partial charge in [-0.15, -0.1) is 0 Å². The second-order valence-electron chi connectivity index (χ2n) is 7.45. The molecule has 2 aromatic heterocycles. The van der Waals surface area contributed by atoms with Crippen LogP contribution in [0.1, 0.15) is 12.3 Å². The van der Waals surface area contributed by atoms with E-state index in [0.717, 1.165) is 27.7 Å². The number of nitrogens with zero attached hydrogens (tertiary/aromatic N) is 2. The van der Waals surface area contributed by atoms with Crippen LogP contribution < -0.4 is 5.32 Å². The zero-order valence-electron chi connectivity index (χ0n) is 17.4. The minimum atomic E-state index is -0.108. The van der Waals surface area contributed by atoms with Crippen molar-refractivity contribution in [2.45, 2.75) is 12.8 Å². The molecule has 0 aliphatic rings. The van der Waals surface area contributed by atoms with Crippen LogP contribution in [0.3, 0.4) is 0 Å². The Kier molecular flexibility index (Phi) is 5.45. The van der Waals surface area contributed by atoms with Crippen molar-refractivity contribution in [3.63, 3.8) is 0 Å². The monoisotopic (exact) mass is 419 g/mol. The fourth-order valence-corrected chi connectivity index (χ4v) is 3.69. The van der Waals surface area contributed by atoms with Crippen LogP contribution in [-0.2, 0) is 11.2 Å². The van der Waals surface area contributed by atoms with Crippen LogP contribution in [0.4, 0.5) is 5.69 Å². The number of amides is 1. The van der Waals surface area contributed by atoms with Gasteiger partial charge >= 0.3 is 0 Å². The standard InChI is InChI=1S/C27H21N3O2/c31-23(29-22-15-7-13-19-14-8-18-28-25(19)22)16-17-24-30-26(20-9-3-1-4-10-20)27(32-24)21-11-5-2-6-12-21/h1-15,18H,16-17H2,(H,29,31). The summed E-state index contributed by atoms with van der Waals surface area (Å²) in [5.74, 6) is 1.14. The zero-order chi connectivity index (χ0) is 21.8. The van der Waals surface area contributed by atoms with E-state index in [1.807, 2.05) is 91.0 Å². The lowest BCUT2D eigenvalue weighted by atomic mass is 10.1. The maximum Gasteiger partial charge on any atom is 0.224 e. The first-order chi connectivity index (χ1) is 15.8. The van der Waals surface area contributed by atoms with E-state index in [-0.39, 0.29) is 12.3 Å². The van der Waals surface area contributed by atoms with Crippen LogP contribution in [0.5, 0.6) is 0 Å². The number of aromatic nitrogens is 2. The molecule has 0 saturated heterocycles. The summed E-state index contributed by atoms with van der Waals surface area (Å²) in [5, 5.41) is 3.95. The number of rotatable bonds is 6. The molecular formula is C27H21N3O2. The summed E-state index contributed by atoms with van der Waals surface area (Å²) >= 11 is 0. The number of fused-ring (bicyclic) bond motifs is 1. The van der Waals surface area contributed by atoms with Crippen molar-refractivity contribution in [2.24, 2.45) is 0 Å². The van der Waals surface area contributed by atoms with Gasteiger partial charge in [0.25, 0.3) is 0 Å². The van der Waals surface area contributed by atoms with Gasteiger partial charge in [-0.3, -0.25) is 9.78 Å². The number of oxazole rings is 1. The Morgan fingerprint density at radius 1 is 0.812 bits per heavy atom. The molecule has 5 aromatic rings. The molecule has 0 fully saturated rings. The van der Waals surface area contributed by atoms with Crippen molar-refractivity contribution in [1.29, 1.82) is 0 Å². The number of aryl methyl sites for hydroxylation is 1. The first-order valence-corrected chi connectivity index (χ1v) is 10.5. The van der Waals surface area contributed by atoms with Crippen LogP contribution in [0.2, 0.25) is 0 Å². The van der Waals surface area contributed by atoms with Gasteiger partial charge in [0.1, 0.15) is 5.69 Å². The lowest BCUT2D eigenvalue weighted by Crippen LogP contribution is -2.13. The molecule has 1 amide bonds. The van der Waals surface area contributed by atoms with Crippen LogP contribution in [0.15, 0.2) is 102 Å². The Balaban J connectivity index is 1.36. The van der Waals surface area contributed by atoms with E-state index in [1.165, 1.54) is 0 Å². The summed E-state index contributed by atoms with van der Waals surface area (Å²) < 4.78 is 6.12. The van der Waals surface area contributed by atoms with E-state index in [0.29, 0.717) is 23.8 Å². The first kappa shape index (κ1) is 19.7. The molecule has 0 bridgehead atoms. The smallest absolute Gasteiger partial charge is 0.224 e. The van der Waals surface area contributed by atoms with E-state index in [1.54, 1.807) is 6.20 Å². The highest BCUT2D eigenvalue weighted by atomic mass is 16.4. The van der Waals surface area contributed by atoms with E-state index in [2.05, 4.69) is 10.3 Å². The third-order valence-electron chi connectivity index (χ3n) is 5.23. The van der Waals surface area contributed by atoms with Gasteiger partial charge < -0.3 is 9.73 Å². The Hall–Kier alpha value is -4.25. The fourth-order valence-electron chi connectivity index (χ4n) is 3.69. The van der Waals surface area contributed by atoms with Gasteiger partial charge in [0, 0.05) is 35.6 Å². The van der Waals surface area contributed by atoms with Crippen LogP contribution in [0, 0.1) is 0 Å². The second-order valence-corrected chi connectivity index (χ2v) is 7.45. The molecule has 0 saturated carbocycles. The van der Waals surface area contributed by atoms with Gasteiger partial charge in [-0.1, -0.05) is 78.9 Å². The molecule has 5 nitrogen and oxygen atoms in total. The maximum atomic E-state index is 12.7. The predicted molar refractivity (Wildman–Crippen MR) is 126 cm³/mol. The number of anilines is 1. The van der Waals surface area contributed by atoms with Crippen molar-refractivity contribution in [3.05, 3.63) is 103 Å². The average molecular weight is 419 g/mol. The predicted octanol–water partition coefficient (Wildman–Crippen LogP) is 6.13. The lowest BCUT2D eigenvalue weighted by molar-refractivity contribution is -0.116. The minimum Gasteiger partial charge on any atom is -0.440 e. The quantitative estimate of drug-likeness (QED) is 0.360. The molecule has 2 heterocycles. The SMILES string of the molecule is O=C(CCc1nc(-c2ccccc2)c(-c2ccccc2)o1)Nc1cccc2cccnc12. The zero-order valence-corrected chi connectivity index (χ0v) is 17.4. The minimum absolute atomic E-state index is 0.108. The van der Waals surface area contributed by atoms with E-state index in [9.17, 15) is 4.79 Å². The first-order valence-electron chi connectivity index (χ1n) is 10.5. The lowest BCUT2D eigenvalue weighted by Gasteiger charge is -2.07. The van der Waals surface area contributed by atoms with Gasteiger partial charge in [0.05, 0.1) is 11.2 Å². The second kappa shape index (κ2) is 8.86. The van der Waals surface area contributed by atoms with Gasteiger partial charge in [-0.05, 0) is 12.1 Å². The molecule has 5 heteroatoms. The molecule has 0 aliphatic heterocycles. The summed E-state index contributed by atoms with van der Waals surface area (Å²) in [6.45, 7) is 0. The van der Waals surface area contributed by atoms with Crippen molar-refractivity contribution in [3.8, 4) is 22.6 Å².